The van der Waals surface area contributed by atoms with Crippen molar-refractivity contribution in [2.24, 2.45) is 0 Å². The van der Waals surface area contributed by atoms with Crippen molar-refractivity contribution in [2.45, 2.75) is 55.3 Å². The molecule has 1 spiro atoms. The lowest BCUT2D eigenvalue weighted by Gasteiger charge is -2.62. The first-order valence-electron chi connectivity index (χ1n) is 9.62. The number of piperidine rings is 1. The molecule has 26 heavy (non-hydrogen) atoms. The minimum absolute atomic E-state index is 0.0452. The Bertz CT molecular complexity index is 877. The molecule has 0 radical (unpaired) electrons. The number of nitrogens with zero attached hydrogens (tertiary/aromatic N) is 1. The van der Waals surface area contributed by atoms with Crippen molar-refractivity contribution in [1.82, 2.24) is 4.90 Å². The Labute approximate surface area is 152 Å². The number of Topliss-reactive ketones (excluding diaryl/α,β-unsaturated/α-hetero) is 1. The fourth-order valence-corrected chi connectivity index (χ4v) is 6.21. The van der Waals surface area contributed by atoms with Gasteiger partial charge in [-0.1, -0.05) is 17.7 Å². The fraction of sp³-hybridized carbons (Fsp3) is 0.571. The first-order chi connectivity index (χ1) is 12.6. The second kappa shape index (κ2) is 4.70. The summed E-state index contributed by atoms with van der Waals surface area (Å²) >= 11 is 0. The number of allylic oxidation sites excluding steroid dienone is 1. The molecule has 2 bridgehead atoms. The van der Waals surface area contributed by atoms with E-state index >= 15 is 0 Å². The number of aliphatic hydroxyl groups is 1. The zero-order valence-electron chi connectivity index (χ0n) is 15.0. The van der Waals surface area contributed by atoms with Crippen molar-refractivity contribution in [2.75, 3.05) is 20.2 Å². The summed E-state index contributed by atoms with van der Waals surface area (Å²) in [5, 5.41) is 12.1. The van der Waals surface area contributed by atoms with Gasteiger partial charge in [-0.15, -0.1) is 0 Å². The zero-order valence-corrected chi connectivity index (χ0v) is 15.0. The Morgan fingerprint density at radius 1 is 1.38 bits per heavy atom. The predicted molar refractivity (Wildman–Crippen MR) is 94.7 cm³/mol. The number of ether oxygens (including phenoxy) is 2. The van der Waals surface area contributed by atoms with E-state index in [0.717, 1.165) is 37.9 Å². The summed E-state index contributed by atoms with van der Waals surface area (Å²) in [5.41, 5.74) is 2.21. The Morgan fingerprint density at radius 2 is 2.23 bits per heavy atom. The van der Waals surface area contributed by atoms with Crippen LogP contribution in [0.3, 0.4) is 0 Å². The predicted octanol–water partition coefficient (Wildman–Crippen LogP) is 1.75. The highest BCUT2D eigenvalue weighted by Crippen LogP contribution is 2.64. The Balaban J connectivity index is 1.58. The molecule has 5 nitrogen and oxygen atoms in total. The molecule has 2 heterocycles. The number of hydrogen-bond acceptors (Lipinski definition) is 5. The van der Waals surface area contributed by atoms with Gasteiger partial charge in [-0.2, -0.15) is 0 Å². The van der Waals surface area contributed by atoms with Crippen molar-refractivity contribution in [3.8, 4) is 11.5 Å². The highest BCUT2D eigenvalue weighted by atomic mass is 16.5. The summed E-state index contributed by atoms with van der Waals surface area (Å²) in [5.74, 6) is 1.49. The van der Waals surface area contributed by atoms with Crippen molar-refractivity contribution in [3.63, 3.8) is 0 Å². The number of methoxy groups -OCH3 is 1. The quantitative estimate of drug-likeness (QED) is 0.839. The number of ketones is 1. The van der Waals surface area contributed by atoms with Crippen molar-refractivity contribution in [3.05, 3.63) is 34.9 Å². The van der Waals surface area contributed by atoms with Crippen LogP contribution in [-0.2, 0) is 16.6 Å². The van der Waals surface area contributed by atoms with E-state index in [0.29, 0.717) is 24.3 Å². The van der Waals surface area contributed by atoms with Crippen molar-refractivity contribution < 1.29 is 19.4 Å². The highest BCUT2D eigenvalue weighted by Gasteiger charge is 2.73. The van der Waals surface area contributed by atoms with E-state index in [4.69, 9.17) is 9.47 Å². The number of likely N-dealkylation sites (tertiary alicyclic amines) is 1. The van der Waals surface area contributed by atoms with Gasteiger partial charge in [0.05, 0.1) is 18.1 Å². The second-order valence-corrected chi connectivity index (χ2v) is 8.50. The lowest BCUT2D eigenvalue weighted by Crippen LogP contribution is -2.76. The summed E-state index contributed by atoms with van der Waals surface area (Å²) in [6.07, 6.45) is 5.29. The molecule has 1 N–H and O–H groups in total. The Morgan fingerprint density at radius 3 is 3.00 bits per heavy atom. The number of benzene rings is 1. The molecular weight excluding hydrogens is 330 g/mol. The van der Waals surface area contributed by atoms with Crippen molar-refractivity contribution >= 4 is 5.78 Å². The van der Waals surface area contributed by atoms with E-state index in [1.807, 2.05) is 6.07 Å². The van der Waals surface area contributed by atoms with Crippen LogP contribution in [0, 0.1) is 0 Å². The second-order valence-electron chi connectivity index (χ2n) is 8.50. The van der Waals surface area contributed by atoms with E-state index in [2.05, 4.69) is 17.0 Å². The van der Waals surface area contributed by atoms with Gasteiger partial charge < -0.3 is 14.6 Å². The van der Waals surface area contributed by atoms with Gasteiger partial charge in [0, 0.05) is 31.1 Å². The third kappa shape index (κ3) is 1.58. The molecule has 6 rings (SSSR count). The third-order valence-electron chi connectivity index (χ3n) is 7.47. The van der Waals surface area contributed by atoms with Crippen LogP contribution in [0.2, 0.25) is 0 Å². The summed E-state index contributed by atoms with van der Waals surface area (Å²) in [7, 11) is 1.63. The Hall–Kier alpha value is -1.85. The van der Waals surface area contributed by atoms with E-state index in [9.17, 15) is 9.90 Å². The first kappa shape index (κ1) is 15.2. The molecule has 2 aliphatic heterocycles. The topological polar surface area (TPSA) is 59.0 Å². The van der Waals surface area contributed by atoms with Crippen LogP contribution in [0.5, 0.6) is 11.5 Å². The van der Waals surface area contributed by atoms with Crippen LogP contribution in [0.4, 0.5) is 0 Å². The van der Waals surface area contributed by atoms with E-state index in [1.54, 1.807) is 7.11 Å². The molecule has 136 valence electrons. The molecule has 1 aromatic carbocycles. The smallest absolute Gasteiger partial charge is 0.174 e. The molecule has 5 heteroatoms. The molecular formula is C21H23NO4. The van der Waals surface area contributed by atoms with Gasteiger partial charge >= 0.3 is 0 Å². The van der Waals surface area contributed by atoms with Gasteiger partial charge in [-0.05, 0) is 37.3 Å². The van der Waals surface area contributed by atoms with Crippen LogP contribution < -0.4 is 9.47 Å². The molecule has 1 unspecified atom stereocenters. The van der Waals surface area contributed by atoms with E-state index in [1.165, 1.54) is 11.1 Å². The summed E-state index contributed by atoms with van der Waals surface area (Å²) in [6, 6.07) is 4.10. The number of carbonyl (C=O) groups excluding carboxylic acids is 1. The number of hydrogen-bond donors (Lipinski definition) is 1. The van der Waals surface area contributed by atoms with Crippen LogP contribution in [0.15, 0.2) is 23.8 Å². The van der Waals surface area contributed by atoms with Crippen LogP contribution in [-0.4, -0.2) is 53.7 Å². The largest absolute Gasteiger partial charge is 0.493 e. The molecule has 5 aliphatic rings. The summed E-state index contributed by atoms with van der Waals surface area (Å²) in [6.45, 7) is 1.84. The molecule has 0 aromatic heterocycles. The maximum atomic E-state index is 12.8. The van der Waals surface area contributed by atoms with Gasteiger partial charge in [0.25, 0.3) is 0 Å². The lowest BCUT2D eigenvalue weighted by molar-refractivity contribution is -0.187. The molecule has 1 aromatic rings. The van der Waals surface area contributed by atoms with E-state index < -0.39 is 17.1 Å². The number of carbonyl (C=O) groups is 1. The monoisotopic (exact) mass is 353 g/mol. The molecule has 4 atom stereocenters. The first-order valence-corrected chi connectivity index (χ1v) is 9.62. The van der Waals surface area contributed by atoms with Crippen LogP contribution >= 0.6 is 0 Å². The van der Waals surface area contributed by atoms with Crippen molar-refractivity contribution in [1.29, 1.82) is 0 Å². The average molecular weight is 353 g/mol. The average Bonchev–Trinajstić information content (AvgIpc) is 3.37. The minimum atomic E-state index is -0.913. The highest BCUT2D eigenvalue weighted by molar-refractivity contribution is 5.90. The third-order valence-corrected chi connectivity index (χ3v) is 7.47. The van der Waals surface area contributed by atoms with Crippen LogP contribution in [0.1, 0.15) is 36.8 Å². The number of rotatable bonds is 3. The van der Waals surface area contributed by atoms with Gasteiger partial charge in [0.2, 0.25) is 0 Å². The van der Waals surface area contributed by atoms with Gasteiger partial charge in [0.1, 0.15) is 0 Å². The Kier molecular flexibility index (Phi) is 2.75. The standard InChI is InChI=1S/C21H23NO4/c1-25-15-5-4-13-10-16-21(24)7-6-14(23)19-20(21,17(13)18(15)26-19)8-9-22(16)11-12-2-3-12/h2,4-5,16,19,24H,3,6-11H2,1H3/t16-,19+,20+,21?/m1/s1. The molecule has 2 fully saturated rings. The molecule has 0 amide bonds. The molecule has 1 saturated heterocycles. The van der Waals surface area contributed by atoms with Gasteiger partial charge in [-0.3, -0.25) is 9.69 Å². The van der Waals surface area contributed by atoms with Crippen LogP contribution in [0.25, 0.3) is 0 Å². The maximum Gasteiger partial charge on any atom is 0.174 e. The normalized spacial score (nSPS) is 39.2. The zero-order chi connectivity index (χ0) is 17.7. The van der Waals surface area contributed by atoms with Gasteiger partial charge in [-0.25, -0.2) is 0 Å². The minimum Gasteiger partial charge on any atom is -0.493 e. The molecule has 1 saturated carbocycles. The lowest BCUT2D eigenvalue weighted by atomic mass is 9.49. The SMILES string of the molecule is COc1ccc2c3c1O[C@H]1C(=O)CCC4(O)[C@@H](C2)N(CC2=CC2)CC[C@]314. The fourth-order valence-electron chi connectivity index (χ4n) is 6.21. The summed E-state index contributed by atoms with van der Waals surface area (Å²) < 4.78 is 11.8. The summed E-state index contributed by atoms with van der Waals surface area (Å²) in [4.78, 5) is 15.3. The molecule has 3 aliphatic carbocycles. The maximum absolute atomic E-state index is 12.8. The van der Waals surface area contributed by atoms with E-state index in [-0.39, 0.29) is 11.8 Å². The van der Waals surface area contributed by atoms with Gasteiger partial charge in [0.15, 0.2) is 23.4 Å².